The summed E-state index contributed by atoms with van der Waals surface area (Å²) in [6.07, 6.45) is 0.757. The molecule has 1 aliphatic heterocycles. The lowest BCUT2D eigenvalue weighted by Gasteiger charge is -2.24. The van der Waals surface area contributed by atoms with E-state index in [1.807, 2.05) is 44.2 Å². The number of Topliss-reactive ketones (excluding diaryl/α,β-unsaturated/α-hetero) is 1. The molecule has 1 atom stereocenters. The van der Waals surface area contributed by atoms with E-state index in [0.29, 0.717) is 28.6 Å². The standard InChI is InChI=1S/C22H20ClN3O2/c1-13(2)11-15(27)12-18-16-5-3-4-6-17(16)22(28)26(18)20-10-8-14-7-9-19(23)24-21(14)25-20/h3-10,13,18H,11-12H2,1-2H3. The lowest BCUT2D eigenvalue weighted by atomic mass is 9.96. The Morgan fingerprint density at radius 2 is 1.86 bits per heavy atom. The highest BCUT2D eigenvalue weighted by molar-refractivity contribution is 6.29. The number of carbonyl (C=O) groups excluding carboxylic acids is 2. The van der Waals surface area contributed by atoms with Crippen LogP contribution in [0.1, 0.15) is 48.7 Å². The predicted octanol–water partition coefficient (Wildman–Crippen LogP) is 4.99. The van der Waals surface area contributed by atoms with Gasteiger partial charge in [0.15, 0.2) is 5.65 Å². The predicted molar refractivity (Wildman–Crippen MR) is 110 cm³/mol. The van der Waals surface area contributed by atoms with Crippen molar-refractivity contribution in [2.45, 2.75) is 32.7 Å². The van der Waals surface area contributed by atoms with Crippen molar-refractivity contribution in [1.82, 2.24) is 9.97 Å². The van der Waals surface area contributed by atoms with Crippen molar-refractivity contribution in [3.05, 3.63) is 64.8 Å². The molecule has 1 unspecified atom stereocenters. The van der Waals surface area contributed by atoms with Gasteiger partial charge in [0.25, 0.3) is 5.91 Å². The number of fused-ring (bicyclic) bond motifs is 2. The fraction of sp³-hybridized carbons (Fsp3) is 0.273. The summed E-state index contributed by atoms with van der Waals surface area (Å²) in [6, 6.07) is 14.3. The summed E-state index contributed by atoms with van der Waals surface area (Å²) in [5.41, 5.74) is 1.96. The van der Waals surface area contributed by atoms with E-state index < -0.39 is 0 Å². The molecular formula is C22H20ClN3O2. The summed E-state index contributed by atoms with van der Waals surface area (Å²) >= 11 is 6.00. The number of hydrogen-bond donors (Lipinski definition) is 0. The van der Waals surface area contributed by atoms with Gasteiger partial charge in [0.05, 0.1) is 6.04 Å². The Labute approximate surface area is 168 Å². The summed E-state index contributed by atoms with van der Waals surface area (Å²) in [4.78, 5) is 36.2. The minimum Gasteiger partial charge on any atom is -0.300 e. The van der Waals surface area contributed by atoms with Crippen molar-refractivity contribution in [3.63, 3.8) is 0 Å². The maximum atomic E-state index is 13.1. The number of nitrogens with zero attached hydrogens (tertiary/aromatic N) is 3. The zero-order chi connectivity index (χ0) is 19.8. The van der Waals surface area contributed by atoms with Crippen LogP contribution in [0.25, 0.3) is 11.0 Å². The van der Waals surface area contributed by atoms with Crippen LogP contribution < -0.4 is 4.90 Å². The van der Waals surface area contributed by atoms with Crippen LogP contribution >= 0.6 is 11.6 Å². The SMILES string of the molecule is CC(C)CC(=O)CC1c2ccccc2C(=O)N1c1ccc2ccc(Cl)nc2n1. The average Bonchev–Trinajstić information content (AvgIpc) is 2.92. The van der Waals surface area contributed by atoms with E-state index in [1.165, 1.54) is 0 Å². The van der Waals surface area contributed by atoms with Crippen molar-refractivity contribution in [2.75, 3.05) is 4.90 Å². The first-order valence-corrected chi connectivity index (χ1v) is 9.69. The van der Waals surface area contributed by atoms with Crippen LogP contribution in [0.3, 0.4) is 0 Å². The number of aromatic nitrogens is 2. The number of carbonyl (C=O) groups is 2. The van der Waals surface area contributed by atoms with Gasteiger partial charge in [0.2, 0.25) is 0 Å². The van der Waals surface area contributed by atoms with Crippen molar-refractivity contribution in [3.8, 4) is 0 Å². The highest BCUT2D eigenvalue weighted by Gasteiger charge is 2.39. The molecule has 28 heavy (non-hydrogen) atoms. The summed E-state index contributed by atoms with van der Waals surface area (Å²) < 4.78 is 0. The van der Waals surface area contributed by atoms with E-state index in [2.05, 4.69) is 9.97 Å². The molecule has 5 nitrogen and oxygen atoms in total. The number of pyridine rings is 2. The average molecular weight is 394 g/mol. The molecule has 0 saturated heterocycles. The fourth-order valence-electron chi connectivity index (χ4n) is 3.71. The number of hydrogen-bond acceptors (Lipinski definition) is 4. The van der Waals surface area contributed by atoms with Gasteiger partial charge in [-0.3, -0.25) is 14.5 Å². The molecule has 4 rings (SSSR count). The topological polar surface area (TPSA) is 63.2 Å². The van der Waals surface area contributed by atoms with E-state index >= 15 is 0 Å². The molecule has 3 aromatic rings. The Balaban J connectivity index is 1.77. The Kier molecular flexibility index (Phi) is 4.85. The van der Waals surface area contributed by atoms with Crippen LogP contribution in [0.2, 0.25) is 5.15 Å². The largest absolute Gasteiger partial charge is 0.300 e. The molecule has 0 aliphatic carbocycles. The van der Waals surface area contributed by atoms with Gasteiger partial charge in [-0.1, -0.05) is 43.6 Å². The summed E-state index contributed by atoms with van der Waals surface area (Å²) in [5, 5.41) is 1.18. The molecule has 3 heterocycles. The molecule has 0 spiro atoms. The van der Waals surface area contributed by atoms with Crippen LogP contribution in [0.4, 0.5) is 5.82 Å². The third-order valence-electron chi connectivity index (χ3n) is 4.89. The third-order valence-corrected chi connectivity index (χ3v) is 5.10. The molecule has 0 N–H and O–H groups in total. The van der Waals surface area contributed by atoms with Crippen LogP contribution in [0.15, 0.2) is 48.5 Å². The zero-order valence-electron chi connectivity index (χ0n) is 15.7. The van der Waals surface area contributed by atoms with Gasteiger partial charge in [-0.25, -0.2) is 9.97 Å². The molecular weight excluding hydrogens is 374 g/mol. The molecule has 142 valence electrons. The summed E-state index contributed by atoms with van der Waals surface area (Å²) in [7, 11) is 0. The normalized spacial score (nSPS) is 16.1. The van der Waals surface area contributed by atoms with E-state index in [0.717, 1.165) is 10.9 Å². The van der Waals surface area contributed by atoms with Crippen molar-refractivity contribution in [1.29, 1.82) is 0 Å². The first kappa shape index (κ1) is 18.6. The van der Waals surface area contributed by atoms with E-state index in [-0.39, 0.29) is 30.1 Å². The molecule has 1 amide bonds. The first-order valence-electron chi connectivity index (χ1n) is 9.31. The highest BCUT2D eigenvalue weighted by atomic mass is 35.5. The number of anilines is 1. The van der Waals surface area contributed by atoms with E-state index in [9.17, 15) is 9.59 Å². The number of amides is 1. The first-order chi connectivity index (χ1) is 13.4. The zero-order valence-corrected chi connectivity index (χ0v) is 16.5. The monoisotopic (exact) mass is 393 g/mol. The maximum Gasteiger partial charge on any atom is 0.260 e. The Hall–Kier alpha value is -2.79. The van der Waals surface area contributed by atoms with Gasteiger partial charge in [-0.15, -0.1) is 0 Å². The number of halogens is 1. The minimum atomic E-state index is -0.362. The summed E-state index contributed by atoms with van der Waals surface area (Å²) in [5.74, 6) is 0.743. The van der Waals surface area contributed by atoms with Crippen LogP contribution in [0, 0.1) is 5.92 Å². The summed E-state index contributed by atoms with van der Waals surface area (Å²) in [6.45, 7) is 4.04. The second kappa shape index (κ2) is 7.32. The van der Waals surface area contributed by atoms with Crippen molar-refractivity contribution >= 4 is 40.1 Å². The highest BCUT2D eigenvalue weighted by Crippen LogP contribution is 2.39. The maximum absolute atomic E-state index is 13.1. The quantitative estimate of drug-likeness (QED) is 0.573. The molecule has 6 heteroatoms. The van der Waals surface area contributed by atoms with Crippen molar-refractivity contribution < 1.29 is 9.59 Å². The molecule has 1 aromatic carbocycles. The second-order valence-electron chi connectivity index (χ2n) is 7.47. The van der Waals surface area contributed by atoms with Crippen LogP contribution in [-0.2, 0) is 4.79 Å². The smallest absolute Gasteiger partial charge is 0.260 e. The number of ketones is 1. The Morgan fingerprint density at radius 3 is 2.64 bits per heavy atom. The minimum absolute atomic E-state index is 0.136. The molecule has 0 bridgehead atoms. The van der Waals surface area contributed by atoms with Gasteiger partial charge in [-0.2, -0.15) is 0 Å². The molecule has 0 saturated carbocycles. The second-order valence-corrected chi connectivity index (χ2v) is 7.86. The van der Waals surface area contributed by atoms with Gasteiger partial charge < -0.3 is 0 Å². The van der Waals surface area contributed by atoms with Crippen LogP contribution in [-0.4, -0.2) is 21.7 Å². The molecule has 1 aliphatic rings. The Morgan fingerprint density at radius 1 is 1.11 bits per heavy atom. The molecule has 2 aromatic heterocycles. The Bertz CT molecular complexity index is 1080. The van der Waals surface area contributed by atoms with Crippen LogP contribution in [0.5, 0.6) is 0 Å². The van der Waals surface area contributed by atoms with Gasteiger partial charge in [0, 0.05) is 23.8 Å². The van der Waals surface area contributed by atoms with Gasteiger partial charge in [0.1, 0.15) is 16.8 Å². The van der Waals surface area contributed by atoms with E-state index in [1.54, 1.807) is 23.1 Å². The third kappa shape index (κ3) is 3.38. The lowest BCUT2D eigenvalue weighted by molar-refractivity contribution is -0.120. The number of rotatable bonds is 5. The lowest BCUT2D eigenvalue weighted by Crippen LogP contribution is -2.30. The van der Waals surface area contributed by atoms with Gasteiger partial charge in [-0.05, 0) is 41.8 Å². The molecule has 0 radical (unpaired) electrons. The number of benzene rings is 1. The fourth-order valence-corrected chi connectivity index (χ4v) is 3.86. The van der Waals surface area contributed by atoms with E-state index in [4.69, 9.17) is 11.6 Å². The molecule has 0 fully saturated rings. The van der Waals surface area contributed by atoms with Crippen molar-refractivity contribution in [2.24, 2.45) is 5.92 Å². The van der Waals surface area contributed by atoms with Gasteiger partial charge >= 0.3 is 0 Å².